The molecule has 1 amide bonds. The molecule has 1 saturated heterocycles. The van der Waals surface area contributed by atoms with Crippen molar-refractivity contribution in [3.63, 3.8) is 0 Å². The van der Waals surface area contributed by atoms with Gasteiger partial charge in [-0.25, -0.2) is 0 Å². The zero-order chi connectivity index (χ0) is 10.7. The van der Waals surface area contributed by atoms with Crippen LogP contribution in [-0.4, -0.2) is 53.2 Å². The summed E-state index contributed by atoms with van der Waals surface area (Å²) in [4.78, 5) is 13.0. The molecule has 2 atom stereocenters. The van der Waals surface area contributed by atoms with Crippen LogP contribution in [0, 0.1) is 5.92 Å². The van der Waals surface area contributed by atoms with E-state index in [0.29, 0.717) is 11.7 Å². The topological polar surface area (TPSA) is 49.4 Å². The van der Waals surface area contributed by atoms with Gasteiger partial charge in [-0.1, -0.05) is 0 Å². The molecule has 4 nitrogen and oxygen atoms in total. The third-order valence-corrected chi connectivity index (χ3v) is 4.24. The van der Waals surface area contributed by atoms with E-state index in [4.69, 9.17) is 0 Å². The van der Waals surface area contributed by atoms with Crippen molar-refractivity contribution >= 4 is 16.7 Å². The van der Waals surface area contributed by atoms with Crippen LogP contribution in [0.2, 0.25) is 0 Å². The summed E-state index contributed by atoms with van der Waals surface area (Å²) in [6.07, 6.45) is 0. The van der Waals surface area contributed by atoms with Gasteiger partial charge >= 0.3 is 0 Å². The first-order valence-corrected chi connectivity index (χ1v) is 6.19. The lowest BCUT2D eigenvalue weighted by atomic mass is 10.1. The van der Waals surface area contributed by atoms with Gasteiger partial charge in [0.25, 0.3) is 0 Å². The minimum absolute atomic E-state index is 0.0457. The predicted octanol–water partition coefficient (Wildman–Crippen LogP) is -0.569. The Balaban J connectivity index is 2.38. The molecule has 0 aliphatic carbocycles. The summed E-state index contributed by atoms with van der Waals surface area (Å²) in [5, 5.41) is 2.76. The van der Waals surface area contributed by atoms with Crippen LogP contribution in [0.5, 0.6) is 0 Å². The minimum atomic E-state index is -1.03. The predicted molar refractivity (Wildman–Crippen MR) is 57.5 cm³/mol. The monoisotopic (exact) mass is 218 g/mol. The number of carbonyl (C=O) groups excluding carboxylic acids is 1. The molecule has 0 aromatic carbocycles. The quantitative estimate of drug-likeness (QED) is 0.687. The fourth-order valence-corrected chi connectivity index (χ4v) is 2.74. The molecule has 1 aliphatic rings. The lowest BCUT2D eigenvalue weighted by Crippen LogP contribution is -2.46. The van der Waals surface area contributed by atoms with E-state index in [0.717, 1.165) is 13.1 Å². The Bertz CT molecular complexity index is 239. The van der Waals surface area contributed by atoms with Crippen LogP contribution in [-0.2, 0) is 15.6 Å². The highest BCUT2D eigenvalue weighted by molar-refractivity contribution is 7.86. The number of hydrogen-bond donors (Lipinski definition) is 1. The van der Waals surface area contributed by atoms with Crippen molar-refractivity contribution < 1.29 is 9.00 Å². The van der Waals surface area contributed by atoms with Crippen LogP contribution in [0.4, 0.5) is 0 Å². The fourth-order valence-electron chi connectivity index (χ4n) is 1.32. The first-order valence-electron chi connectivity index (χ1n) is 4.81. The summed E-state index contributed by atoms with van der Waals surface area (Å²) >= 11 is 0. The van der Waals surface area contributed by atoms with E-state index in [2.05, 4.69) is 5.32 Å². The molecule has 0 saturated carbocycles. The van der Waals surface area contributed by atoms with Gasteiger partial charge in [0.2, 0.25) is 5.91 Å². The lowest BCUT2D eigenvalue weighted by molar-refractivity contribution is -0.127. The van der Waals surface area contributed by atoms with Crippen molar-refractivity contribution in [3.8, 4) is 0 Å². The van der Waals surface area contributed by atoms with Crippen LogP contribution in [0.1, 0.15) is 6.92 Å². The molecule has 2 unspecified atom stereocenters. The van der Waals surface area contributed by atoms with Crippen molar-refractivity contribution in [2.24, 2.45) is 5.92 Å². The molecule has 0 aromatic heterocycles. The van der Waals surface area contributed by atoms with Crippen LogP contribution in [0.25, 0.3) is 0 Å². The van der Waals surface area contributed by atoms with Crippen molar-refractivity contribution in [1.82, 2.24) is 10.2 Å². The summed E-state index contributed by atoms with van der Waals surface area (Å²) in [6, 6.07) is 0. The van der Waals surface area contributed by atoms with Gasteiger partial charge in [0, 0.05) is 43.7 Å². The summed E-state index contributed by atoms with van der Waals surface area (Å²) in [5.41, 5.74) is 0. The van der Waals surface area contributed by atoms with E-state index in [1.807, 2.05) is 0 Å². The highest BCUT2D eigenvalue weighted by Crippen LogP contribution is 2.09. The van der Waals surface area contributed by atoms with E-state index in [1.165, 1.54) is 4.90 Å². The Hall–Kier alpha value is -0.420. The molecular formula is C9H18N2O2S. The van der Waals surface area contributed by atoms with Gasteiger partial charge in [0.15, 0.2) is 0 Å². The van der Waals surface area contributed by atoms with E-state index in [1.54, 1.807) is 21.0 Å². The second kappa shape index (κ2) is 4.89. The SMILES string of the molecule is CC(C(=O)N(C)C)S(=O)CC1CNC1. The van der Waals surface area contributed by atoms with Gasteiger partial charge in [-0.2, -0.15) is 0 Å². The van der Waals surface area contributed by atoms with E-state index in [9.17, 15) is 9.00 Å². The molecule has 5 heteroatoms. The third kappa shape index (κ3) is 2.78. The molecule has 0 spiro atoms. The second-order valence-electron chi connectivity index (χ2n) is 3.95. The normalized spacial score (nSPS) is 21.1. The number of nitrogens with one attached hydrogen (secondary N) is 1. The van der Waals surface area contributed by atoms with Crippen LogP contribution in [0.3, 0.4) is 0 Å². The Morgan fingerprint density at radius 3 is 2.50 bits per heavy atom. The Morgan fingerprint density at radius 2 is 2.14 bits per heavy atom. The minimum Gasteiger partial charge on any atom is -0.348 e. The van der Waals surface area contributed by atoms with Gasteiger partial charge in [0.05, 0.1) is 0 Å². The molecule has 0 radical (unpaired) electrons. The Kier molecular flexibility index (Phi) is 4.07. The van der Waals surface area contributed by atoms with Crippen LogP contribution < -0.4 is 5.32 Å². The molecular weight excluding hydrogens is 200 g/mol. The maximum Gasteiger partial charge on any atom is 0.237 e. The van der Waals surface area contributed by atoms with Gasteiger partial charge in [-0.05, 0) is 12.8 Å². The number of amides is 1. The second-order valence-corrected chi connectivity index (χ2v) is 5.75. The van der Waals surface area contributed by atoms with Gasteiger partial charge in [0.1, 0.15) is 5.25 Å². The van der Waals surface area contributed by atoms with Crippen molar-refractivity contribution in [2.75, 3.05) is 32.9 Å². The molecule has 82 valence electrons. The number of hydrogen-bond acceptors (Lipinski definition) is 3. The van der Waals surface area contributed by atoms with Gasteiger partial charge < -0.3 is 10.2 Å². The highest BCUT2D eigenvalue weighted by Gasteiger charge is 2.26. The molecule has 0 aromatic rings. The molecule has 1 fully saturated rings. The average molecular weight is 218 g/mol. The highest BCUT2D eigenvalue weighted by atomic mass is 32.2. The van der Waals surface area contributed by atoms with Crippen molar-refractivity contribution in [3.05, 3.63) is 0 Å². The average Bonchev–Trinajstić information content (AvgIpc) is 2.08. The third-order valence-electron chi connectivity index (χ3n) is 2.45. The maximum absolute atomic E-state index is 11.7. The summed E-state index contributed by atoms with van der Waals surface area (Å²) in [7, 11) is 2.37. The molecule has 1 heterocycles. The summed E-state index contributed by atoms with van der Waals surface area (Å²) < 4.78 is 11.7. The molecule has 1 aliphatic heterocycles. The van der Waals surface area contributed by atoms with Crippen LogP contribution >= 0.6 is 0 Å². The molecule has 0 bridgehead atoms. The fraction of sp³-hybridized carbons (Fsp3) is 0.889. The summed E-state index contributed by atoms with van der Waals surface area (Å²) in [6.45, 7) is 3.62. The zero-order valence-corrected chi connectivity index (χ0v) is 9.76. The number of carbonyl (C=O) groups is 1. The van der Waals surface area contributed by atoms with Gasteiger partial charge in [-0.3, -0.25) is 9.00 Å². The number of nitrogens with zero attached hydrogens (tertiary/aromatic N) is 1. The summed E-state index contributed by atoms with van der Waals surface area (Å²) in [5.74, 6) is 1.09. The molecule has 14 heavy (non-hydrogen) atoms. The first kappa shape index (κ1) is 11.7. The molecule has 1 N–H and O–H groups in total. The van der Waals surface area contributed by atoms with Gasteiger partial charge in [-0.15, -0.1) is 0 Å². The maximum atomic E-state index is 11.7. The largest absolute Gasteiger partial charge is 0.348 e. The van der Waals surface area contributed by atoms with E-state index < -0.39 is 10.8 Å². The molecule has 1 rings (SSSR count). The lowest BCUT2D eigenvalue weighted by Gasteiger charge is -2.27. The van der Waals surface area contributed by atoms with Crippen molar-refractivity contribution in [2.45, 2.75) is 12.2 Å². The number of rotatable bonds is 4. The Morgan fingerprint density at radius 1 is 1.57 bits per heavy atom. The van der Waals surface area contributed by atoms with E-state index >= 15 is 0 Å². The first-order chi connectivity index (χ1) is 6.52. The van der Waals surface area contributed by atoms with Crippen molar-refractivity contribution in [1.29, 1.82) is 0 Å². The van der Waals surface area contributed by atoms with Crippen LogP contribution in [0.15, 0.2) is 0 Å². The Labute approximate surface area is 87.5 Å². The smallest absolute Gasteiger partial charge is 0.237 e. The zero-order valence-electron chi connectivity index (χ0n) is 8.95. The standard InChI is InChI=1S/C9H18N2O2S/c1-7(9(12)11(2)3)14(13)6-8-4-10-5-8/h7-8,10H,4-6H2,1-3H3. The van der Waals surface area contributed by atoms with E-state index in [-0.39, 0.29) is 11.2 Å².